The Morgan fingerprint density at radius 2 is 1.67 bits per heavy atom. The molecule has 2 saturated carbocycles. The van der Waals surface area contributed by atoms with Gasteiger partial charge < -0.3 is 5.32 Å². The second-order valence-electron chi connectivity index (χ2n) is 6.24. The van der Waals surface area contributed by atoms with E-state index < -0.39 is 0 Å². The van der Waals surface area contributed by atoms with E-state index in [1.165, 1.54) is 38.6 Å². The van der Waals surface area contributed by atoms with Crippen molar-refractivity contribution in [2.45, 2.75) is 46.0 Å². The molecule has 0 aromatic heterocycles. The molecule has 15 heavy (non-hydrogen) atoms. The van der Waals surface area contributed by atoms with Crippen LogP contribution in [-0.2, 0) is 0 Å². The van der Waals surface area contributed by atoms with E-state index in [1.807, 2.05) is 0 Å². The van der Waals surface area contributed by atoms with Crippen molar-refractivity contribution in [1.82, 2.24) is 5.32 Å². The molecule has 88 valence electrons. The summed E-state index contributed by atoms with van der Waals surface area (Å²) >= 11 is 0. The van der Waals surface area contributed by atoms with E-state index in [-0.39, 0.29) is 0 Å². The van der Waals surface area contributed by atoms with Gasteiger partial charge in [-0.25, -0.2) is 0 Å². The Morgan fingerprint density at radius 1 is 1.00 bits per heavy atom. The number of rotatable bonds is 3. The van der Waals surface area contributed by atoms with E-state index in [0.29, 0.717) is 0 Å². The van der Waals surface area contributed by atoms with Crippen molar-refractivity contribution in [2.75, 3.05) is 13.6 Å². The third-order valence-corrected chi connectivity index (χ3v) is 4.76. The third-order valence-electron chi connectivity index (χ3n) is 4.76. The Balaban J connectivity index is 1.87. The Hall–Kier alpha value is -0.0400. The molecule has 0 radical (unpaired) electrons. The highest BCUT2D eigenvalue weighted by Crippen LogP contribution is 2.47. The Morgan fingerprint density at radius 3 is 2.13 bits per heavy atom. The van der Waals surface area contributed by atoms with Gasteiger partial charge in [-0.15, -0.1) is 0 Å². The van der Waals surface area contributed by atoms with Crippen molar-refractivity contribution < 1.29 is 0 Å². The Kier molecular flexibility index (Phi) is 3.71. The fraction of sp³-hybridized carbons (Fsp3) is 1.00. The third kappa shape index (κ3) is 2.55. The van der Waals surface area contributed by atoms with Gasteiger partial charge in [-0.05, 0) is 75.3 Å². The summed E-state index contributed by atoms with van der Waals surface area (Å²) in [6, 6.07) is 0. The number of hydrogen-bond donors (Lipinski definition) is 1. The zero-order chi connectivity index (χ0) is 10.8. The second-order valence-corrected chi connectivity index (χ2v) is 6.24. The molecule has 0 bridgehead atoms. The zero-order valence-electron chi connectivity index (χ0n) is 10.6. The molecule has 4 atom stereocenters. The minimum Gasteiger partial charge on any atom is -0.319 e. The summed E-state index contributed by atoms with van der Waals surface area (Å²) in [5.74, 6) is 5.07. The summed E-state index contributed by atoms with van der Waals surface area (Å²) < 4.78 is 0. The van der Waals surface area contributed by atoms with Crippen LogP contribution < -0.4 is 5.32 Å². The minimum atomic E-state index is 0.981. The molecule has 4 unspecified atom stereocenters. The van der Waals surface area contributed by atoms with Crippen LogP contribution in [0.1, 0.15) is 46.0 Å². The molecule has 2 aliphatic rings. The standard InChI is InChI=1S/C14H27N/c1-10-6-11(2)8-13(7-10)14-5-4-12(14)9-15-3/h10-15H,4-9H2,1-3H3. The highest BCUT2D eigenvalue weighted by molar-refractivity contribution is 4.90. The van der Waals surface area contributed by atoms with Gasteiger partial charge in [-0.1, -0.05) is 13.8 Å². The highest BCUT2D eigenvalue weighted by Gasteiger charge is 2.38. The molecule has 0 heterocycles. The van der Waals surface area contributed by atoms with Crippen LogP contribution in [-0.4, -0.2) is 13.6 Å². The smallest absolute Gasteiger partial charge is 0.00208 e. The lowest BCUT2D eigenvalue weighted by atomic mass is 9.60. The van der Waals surface area contributed by atoms with Crippen molar-refractivity contribution >= 4 is 0 Å². The fourth-order valence-electron chi connectivity index (χ4n) is 4.09. The molecule has 0 amide bonds. The van der Waals surface area contributed by atoms with Crippen molar-refractivity contribution in [3.8, 4) is 0 Å². The van der Waals surface area contributed by atoms with E-state index >= 15 is 0 Å². The van der Waals surface area contributed by atoms with Gasteiger partial charge >= 0.3 is 0 Å². The molecule has 0 saturated heterocycles. The van der Waals surface area contributed by atoms with Crippen LogP contribution in [0.2, 0.25) is 0 Å². The number of nitrogens with one attached hydrogen (secondary N) is 1. The first-order valence-corrected chi connectivity index (χ1v) is 6.85. The summed E-state index contributed by atoms with van der Waals surface area (Å²) in [6.07, 6.45) is 7.48. The fourth-order valence-corrected chi connectivity index (χ4v) is 4.09. The Labute approximate surface area is 95.0 Å². The first kappa shape index (κ1) is 11.4. The SMILES string of the molecule is CNCC1CCC1C1CC(C)CC(C)C1. The summed E-state index contributed by atoms with van der Waals surface area (Å²) in [7, 11) is 2.10. The summed E-state index contributed by atoms with van der Waals surface area (Å²) in [5, 5.41) is 3.36. The van der Waals surface area contributed by atoms with Crippen molar-refractivity contribution in [3.63, 3.8) is 0 Å². The van der Waals surface area contributed by atoms with Crippen molar-refractivity contribution in [2.24, 2.45) is 29.6 Å². The lowest BCUT2D eigenvalue weighted by Gasteiger charge is -2.46. The first-order chi connectivity index (χ1) is 7.20. The van der Waals surface area contributed by atoms with E-state index in [2.05, 4.69) is 26.2 Å². The van der Waals surface area contributed by atoms with Crippen LogP contribution >= 0.6 is 0 Å². The zero-order valence-corrected chi connectivity index (χ0v) is 10.6. The molecule has 1 N–H and O–H groups in total. The van der Waals surface area contributed by atoms with Gasteiger partial charge in [0.15, 0.2) is 0 Å². The van der Waals surface area contributed by atoms with E-state index in [1.54, 1.807) is 0 Å². The molecule has 0 aliphatic heterocycles. The van der Waals surface area contributed by atoms with Crippen LogP contribution in [0.5, 0.6) is 0 Å². The summed E-state index contributed by atoms with van der Waals surface area (Å²) in [4.78, 5) is 0. The average Bonchev–Trinajstić information content (AvgIpc) is 2.10. The Bertz CT molecular complexity index is 192. The topological polar surface area (TPSA) is 12.0 Å². The van der Waals surface area contributed by atoms with Crippen LogP contribution in [0.4, 0.5) is 0 Å². The quantitative estimate of drug-likeness (QED) is 0.752. The molecule has 2 rings (SSSR count). The minimum absolute atomic E-state index is 0.981. The normalized spacial score (nSPS) is 46.2. The molecule has 0 aromatic carbocycles. The highest BCUT2D eigenvalue weighted by atomic mass is 14.8. The lowest BCUT2D eigenvalue weighted by molar-refractivity contribution is 0.0508. The van der Waals surface area contributed by atoms with Crippen molar-refractivity contribution in [1.29, 1.82) is 0 Å². The van der Waals surface area contributed by atoms with Crippen LogP contribution in [0.15, 0.2) is 0 Å². The predicted octanol–water partition coefficient (Wildman–Crippen LogP) is 3.30. The molecule has 1 nitrogen and oxygen atoms in total. The first-order valence-electron chi connectivity index (χ1n) is 6.85. The number of hydrogen-bond acceptors (Lipinski definition) is 1. The average molecular weight is 209 g/mol. The van der Waals surface area contributed by atoms with Crippen molar-refractivity contribution in [3.05, 3.63) is 0 Å². The van der Waals surface area contributed by atoms with Gasteiger partial charge in [0, 0.05) is 0 Å². The largest absolute Gasteiger partial charge is 0.319 e. The van der Waals surface area contributed by atoms with Gasteiger partial charge in [0.1, 0.15) is 0 Å². The van der Waals surface area contributed by atoms with E-state index in [4.69, 9.17) is 0 Å². The predicted molar refractivity (Wildman–Crippen MR) is 65.8 cm³/mol. The molecule has 0 aromatic rings. The van der Waals surface area contributed by atoms with Gasteiger partial charge in [0.2, 0.25) is 0 Å². The summed E-state index contributed by atoms with van der Waals surface area (Å²) in [5.41, 5.74) is 0. The molecule has 1 heteroatoms. The van der Waals surface area contributed by atoms with Crippen LogP contribution in [0.25, 0.3) is 0 Å². The monoisotopic (exact) mass is 209 g/mol. The second kappa shape index (κ2) is 4.86. The van der Waals surface area contributed by atoms with Gasteiger partial charge in [-0.3, -0.25) is 0 Å². The maximum atomic E-state index is 3.36. The molecular formula is C14H27N. The van der Waals surface area contributed by atoms with Gasteiger partial charge in [-0.2, -0.15) is 0 Å². The van der Waals surface area contributed by atoms with Crippen LogP contribution in [0, 0.1) is 29.6 Å². The van der Waals surface area contributed by atoms with Gasteiger partial charge in [0.05, 0.1) is 0 Å². The maximum absolute atomic E-state index is 3.36. The summed E-state index contributed by atoms with van der Waals surface area (Å²) in [6.45, 7) is 6.16. The molecule has 2 aliphatic carbocycles. The lowest BCUT2D eigenvalue weighted by Crippen LogP contribution is -2.40. The molecule has 2 fully saturated rings. The molecular weight excluding hydrogens is 182 g/mol. The van der Waals surface area contributed by atoms with E-state index in [9.17, 15) is 0 Å². The molecule has 0 spiro atoms. The maximum Gasteiger partial charge on any atom is -0.00208 e. The van der Waals surface area contributed by atoms with Gasteiger partial charge in [0.25, 0.3) is 0 Å². The van der Waals surface area contributed by atoms with E-state index in [0.717, 1.165) is 29.6 Å². The van der Waals surface area contributed by atoms with Crippen LogP contribution in [0.3, 0.4) is 0 Å².